The first-order valence-corrected chi connectivity index (χ1v) is 7.91. The molecule has 0 aliphatic rings. The number of carbonyl (C=O) groups excluding carboxylic acids is 1. The molecule has 6 nitrogen and oxygen atoms in total. The Bertz CT molecular complexity index is 289. The van der Waals surface area contributed by atoms with Crippen LogP contribution in [0.1, 0.15) is 46.0 Å². The quantitative estimate of drug-likeness (QED) is 0.164. The number of nitrogens with one attached hydrogen (secondary N) is 2. The van der Waals surface area contributed by atoms with E-state index in [2.05, 4.69) is 20.4 Å². The lowest BCUT2D eigenvalue weighted by molar-refractivity contribution is -0.140. The Balaban J connectivity index is 0. The van der Waals surface area contributed by atoms with Crippen LogP contribution in [0.4, 0.5) is 0 Å². The highest BCUT2D eigenvalue weighted by Crippen LogP contribution is 1.99. The molecule has 7 heteroatoms. The molecule has 0 heterocycles. The summed E-state index contributed by atoms with van der Waals surface area (Å²) in [6, 6.07) is 0. The summed E-state index contributed by atoms with van der Waals surface area (Å²) in [6.45, 7) is 8.03. The fourth-order valence-electron chi connectivity index (χ4n) is 1.72. The van der Waals surface area contributed by atoms with Gasteiger partial charge in [0.2, 0.25) is 0 Å². The molecule has 0 aromatic heterocycles. The molecule has 0 unspecified atom stereocenters. The maximum Gasteiger partial charge on any atom is 0.305 e. The number of methoxy groups -OCH3 is 1. The second kappa shape index (κ2) is 18.5. The maximum absolute atomic E-state index is 11.0. The topological polar surface area (TPSA) is 72.0 Å². The van der Waals surface area contributed by atoms with Gasteiger partial charge in [-0.15, -0.1) is 24.0 Å². The van der Waals surface area contributed by atoms with Crippen molar-refractivity contribution in [1.29, 1.82) is 0 Å². The number of halogens is 1. The molecule has 0 aromatic carbocycles. The third kappa shape index (κ3) is 15.8. The smallest absolute Gasteiger partial charge is 0.305 e. The molecule has 0 radical (unpaired) electrons. The highest BCUT2D eigenvalue weighted by atomic mass is 127. The van der Waals surface area contributed by atoms with Gasteiger partial charge in [0.1, 0.15) is 0 Å². The van der Waals surface area contributed by atoms with Crippen molar-refractivity contribution >= 4 is 35.9 Å². The first-order valence-electron chi connectivity index (χ1n) is 7.91. The predicted molar refractivity (Wildman–Crippen MR) is 101 cm³/mol. The number of hydrogen-bond donors (Lipinski definition) is 2. The van der Waals surface area contributed by atoms with Crippen molar-refractivity contribution in [2.75, 3.05) is 40.0 Å². The molecule has 0 saturated heterocycles. The first kappa shape index (κ1) is 23.7. The van der Waals surface area contributed by atoms with Gasteiger partial charge >= 0.3 is 5.97 Å². The van der Waals surface area contributed by atoms with E-state index in [0.29, 0.717) is 6.42 Å². The summed E-state index contributed by atoms with van der Waals surface area (Å²) in [6.07, 6.45) is 4.33. The van der Waals surface area contributed by atoms with E-state index in [9.17, 15) is 4.79 Å². The second-order valence-electron chi connectivity index (χ2n) is 4.62. The zero-order valence-electron chi connectivity index (χ0n) is 14.2. The molecule has 0 rings (SSSR count). The molecule has 2 N–H and O–H groups in total. The van der Waals surface area contributed by atoms with Crippen LogP contribution in [0.15, 0.2) is 4.99 Å². The van der Waals surface area contributed by atoms with Gasteiger partial charge in [0.25, 0.3) is 0 Å². The molecule has 0 aliphatic carbocycles. The number of ether oxygens (including phenoxy) is 2. The van der Waals surface area contributed by atoms with Crippen molar-refractivity contribution in [2.45, 2.75) is 46.0 Å². The lowest BCUT2D eigenvalue weighted by atomic mass is 10.2. The fraction of sp³-hybridized carbons (Fsp3) is 0.867. The van der Waals surface area contributed by atoms with E-state index in [1.807, 2.05) is 13.8 Å². The van der Waals surface area contributed by atoms with Gasteiger partial charge in [-0.3, -0.25) is 9.79 Å². The average molecular weight is 429 g/mol. The molecule has 0 spiro atoms. The molecular formula is C15H32IN3O3. The van der Waals surface area contributed by atoms with Crippen molar-refractivity contribution < 1.29 is 14.3 Å². The van der Waals surface area contributed by atoms with E-state index in [1.54, 1.807) is 0 Å². The summed E-state index contributed by atoms with van der Waals surface area (Å²) in [7, 11) is 1.43. The zero-order valence-corrected chi connectivity index (χ0v) is 16.5. The van der Waals surface area contributed by atoms with Crippen LogP contribution < -0.4 is 10.6 Å². The van der Waals surface area contributed by atoms with E-state index in [1.165, 1.54) is 7.11 Å². The SMILES string of the molecule is CCNC(=NCCCOCC)NCCCCCC(=O)OC.I. The van der Waals surface area contributed by atoms with Gasteiger partial charge in [0, 0.05) is 39.3 Å². The van der Waals surface area contributed by atoms with Gasteiger partial charge < -0.3 is 20.1 Å². The summed E-state index contributed by atoms with van der Waals surface area (Å²) >= 11 is 0. The van der Waals surface area contributed by atoms with Crippen LogP contribution in [0.5, 0.6) is 0 Å². The minimum absolute atomic E-state index is 0. The lowest BCUT2D eigenvalue weighted by Crippen LogP contribution is -2.37. The summed E-state index contributed by atoms with van der Waals surface area (Å²) in [4.78, 5) is 15.4. The Hall–Kier alpha value is -0.570. The standard InChI is InChI=1S/C15H31N3O3.HI/c1-4-16-15(18-12-9-13-21-5-2)17-11-8-6-7-10-14(19)20-3;/h4-13H2,1-3H3,(H2,16,17,18);1H. The van der Waals surface area contributed by atoms with Gasteiger partial charge in [0.15, 0.2) is 5.96 Å². The molecule has 0 bridgehead atoms. The van der Waals surface area contributed by atoms with Crippen LogP contribution in [-0.4, -0.2) is 51.9 Å². The predicted octanol–water partition coefficient (Wildman–Crippen LogP) is 2.32. The van der Waals surface area contributed by atoms with Gasteiger partial charge in [0.05, 0.1) is 7.11 Å². The van der Waals surface area contributed by atoms with Gasteiger partial charge in [-0.2, -0.15) is 0 Å². The summed E-state index contributed by atoms with van der Waals surface area (Å²) in [5.74, 6) is 0.717. The normalized spacial score (nSPS) is 10.8. The van der Waals surface area contributed by atoms with Crippen LogP contribution in [0.3, 0.4) is 0 Å². The lowest BCUT2D eigenvalue weighted by Gasteiger charge is -2.11. The van der Waals surface area contributed by atoms with Crippen molar-refractivity contribution in [3.8, 4) is 0 Å². The van der Waals surface area contributed by atoms with Crippen LogP contribution in [0, 0.1) is 0 Å². The van der Waals surface area contributed by atoms with E-state index >= 15 is 0 Å². The molecule has 0 saturated carbocycles. The number of hydrogen-bond acceptors (Lipinski definition) is 4. The molecule has 0 atom stereocenters. The highest BCUT2D eigenvalue weighted by molar-refractivity contribution is 14.0. The number of unbranched alkanes of at least 4 members (excludes halogenated alkanes) is 2. The Morgan fingerprint density at radius 2 is 1.86 bits per heavy atom. The Kier molecular flexibility index (Phi) is 19.9. The largest absolute Gasteiger partial charge is 0.469 e. The number of carbonyl (C=O) groups is 1. The fourth-order valence-corrected chi connectivity index (χ4v) is 1.72. The van der Waals surface area contributed by atoms with Gasteiger partial charge in [-0.05, 0) is 33.1 Å². The maximum atomic E-state index is 11.0. The monoisotopic (exact) mass is 429 g/mol. The second-order valence-corrected chi connectivity index (χ2v) is 4.62. The summed E-state index contributed by atoms with van der Waals surface area (Å²) in [5.41, 5.74) is 0. The molecule has 0 amide bonds. The number of aliphatic imine (C=N–C) groups is 1. The van der Waals surface area contributed by atoms with Crippen molar-refractivity contribution in [3.05, 3.63) is 0 Å². The molecule has 22 heavy (non-hydrogen) atoms. The van der Waals surface area contributed by atoms with Gasteiger partial charge in [-0.1, -0.05) is 6.42 Å². The van der Waals surface area contributed by atoms with E-state index in [-0.39, 0.29) is 29.9 Å². The van der Waals surface area contributed by atoms with Crippen molar-refractivity contribution in [1.82, 2.24) is 10.6 Å². The summed E-state index contributed by atoms with van der Waals surface area (Å²) in [5, 5.41) is 6.51. The Morgan fingerprint density at radius 3 is 2.50 bits per heavy atom. The number of esters is 1. The minimum atomic E-state index is -0.132. The zero-order chi connectivity index (χ0) is 15.8. The third-order valence-electron chi connectivity index (χ3n) is 2.84. The first-order chi connectivity index (χ1) is 10.2. The number of guanidine groups is 1. The summed E-state index contributed by atoms with van der Waals surface area (Å²) < 4.78 is 9.89. The molecule has 0 aromatic rings. The van der Waals surface area contributed by atoms with Crippen molar-refractivity contribution in [2.24, 2.45) is 4.99 Å². The molecule has 0 fully saturated rings. The van der Waals surface area contributed by atoms with Gasteiger partial charge in [-0.25, -0.2) is 0 Å². The van der Waals surface area contributed by atoms with E-state index in [0.717, 1.165) is 64.5 Å². The number of rotatable bonds is 12. The van der Waals surface area contributed by atoms with Crippen molar-refractivity contribution in [3.63, 3.8) is 0 Å². The van der Waals surface area contributed by atoms with Crippen LogP contribution in [0.2, 0.25) is 0 Å². The molecule has 132 valence electrons. The Morgan fingerprint density at radius 1 is 1.09 bits per heavy atom. The third-order valence-corrected chi connectivity index (χ3v) is 2.84. The molecule has 0 aliphatic heterocycles. The average Bonchev–Trinajstić information content (AvgIpc) is 2.49. The van der Waals surface area contributed by atoms with E-state index in [4.69, 9.17) is 4.74 Å². The highest BCUT2D eigenvalue weighted by Gasteiger charge is 2.00. The van der Waals surface area contributed by atoms with Crippen LogP contribution in [0.25, 0.3) is 0 Å². The molecular weight excluding hydrogens is 397 g/mol. The van der Waals surface area contributed by atoms with Crippen LogP contribution in [-0.2, 0) is 14.3 Å². The number of nitrogens with zero attached hydrogens (tertiary/aromatic N) is 1. The van der Waals surface area contributed by atoms with Crippen LogP contribution >= 0.6 is 24.0 Å². The Labute approximate surface area is 151 Å². The minimum Gasteiger partial charge on any atom is -0.469 e. The van der Waals surface area contributed by atoms with E-state index < -0.39 is 0 Å².